The van der Waals surface area contributed by atoms with Crippen LogP contribution in [0.3, 0.4) is 0 Å². The SMILES string of the molecule is NC(=O)C(=O)NCCCc1ccc(OC(F)F)c(OCC2CC2)c1. The second kappa shape index (κ2) is 8.47. The summed E-state index contributed by atoms with van der Waals surface area (Å²) in [6, 6.07) is 4.78. The summed E-state index contributed by atoms with van der Waals surface area (Å²) < 4.78 is 35.0. The Morgan fingerprint density at radius 3 is 2.67 bits per heavy atom. The predicted molar refractivity (Wildman–Crippen MR) is 81.8 cm³/mol. The van der Waals surface area contributed by atoms with E-state index in [2.05, 4.69) is 10.1 Å². The Bertz CT molecular complexity index is 591. The van der Waals surface area contributed by atoms with Crippen LogP contribution in [0.1, 0.15) is 24.8 Å². The number of aryl methyl sites for hydroxylation is 1. The van der Waals surface area contributed by atoms with Crippen LogP contribution in [0.15, 0.2) is 18.2 Å². The lowest BCUT2D eigenvalue weighted by atomic mass is 10.1. The minimum absolute atomic E-state index is 0.0106. The molecule has 2 amide bonds. The minimum atomic E-state index is -2.91. The molecule has 6 nitrogen and oxygen atoms in total. The average molecular weight is 342 g/mol. The highest BCUT2D eigenvalue weighted by Gasteiger charge is 2.23. The largest absolute Gasteiger partial charge is 0.489 e. The lowest BCUT2D eigenvalue weighted by Crippen LogP contribution is -2.36. The van der Waals surface area contributed by atoms with Crippen molar-refractivity contribution in [3.8, 4) is 11.5 Å². The number of hydrogen-bond donors (Lipinski definition) is 2. The van der Waals surface area contributed by atoms with E-state index in [0.29, 0.717) is 31.1 Å². The molecule has 1 aliphatic carbocycles. The average Bonchev–Trinajstić information content (AvgIpc) is 3.34. The standard InChI is InChI=1S/C16H20F2N2O4/c17-16(18)24-12-6-5-10(2-1-7-20-15(22)14(19)21)8-13(12)23-9-11-3-4-11/h5-6,8,11,16H,1-4,7,9H2,(H2,19,21)(H,20,22). The Balaban J connectivity index is 1.90. The van der Waals surface area contributed by atoms with Gasteiger partial charge in [0.2, 0.25) is 0 Å². The first-order valence-corrected chi connectivity index (χ1v) is 7.74. The van der Waals surface area contributed by atoms with E-state index >= 15 is 0 Å². The lowest BCUT2D eigenvalue weighted by Gasteiger charge is -2.13. The fourth-order valence-electron chi connectivity index (χ4n) is 2.09. The molecular weight excluding hydrogens is 322 g/mol. The molecule has 0 radical (unpaired) electrons. The van der Waals surface area contributed by atoms with Crippen molar-refractivity contribution in [2.24, 2.45) is 11.7 Å². The zero-order chi connectivity index (χ0) is 17.5. The van der Waals surface area contributed by atoms with Gasteiger partial charge >= 0.3 is 18.4 Å². The Hall–Kier alpha value is -2.38. The highest BCUT2D eigenvalue weighted by atomic mass is 19.3. The molecule has 0 spiro atoms. The number of carbonyl (C=O) groups is 2. The van der Waals surface area contributed by atoms with Crippen molar-refractivity contribution >= 4 is 11.8 Å². The predicted octanol–water partition coefficient (Wildman–Crippen LogP) is 1.61. The Labute approximate surface area is 138 Å². The van der Waals surface area contributed by atoms with Gasteiger partial charge in [0.05, 0.1) is 6.61 Å². The van der Waals surface area contributed by atoms with Gasteiger partial charge in [0.15, 0.2) is 11.5 Å². The number of alkyl halides is 2. The van der Waals surface area contributed by atoms with Crippen molar-refractivity contribution in [2.75, 3.05) is 13.2 Å². The van der Waals surface area contributed by atoms with E-state index in [1.54, 1.807) is 12.1 Å². The summed E-state index contributed by atoms with van der Waals surface area (Å²) in [7, 11) is 0. The first-order chi connectivity index (χ1) is 11.5. The molecule has 24 heavy (non-hydrogen) atoms. The molecule has 0 aromatic heterocycles. The second-order valence-corrected chi connectivity index (χ2v) is 5.64. The molecule has 1 saturated carbocycles. The van der Waals surface area contributed by atoms with E-state index in [0.717, 1.165) is 18.4 Å². The quantitative estimate of drug-likeness (QED) is 0.527. The number of hydrogen-bond acceptors (Lipinski definition) is 4. The number of amides is 2. The van der Waals surface area contributed by atoms with Gasteiger partial charge in [-0.15, -0.1) is 0 Å². The normalized spacial score (nSPS) is 13.6. The molecular formula is C16H20F2N2O4. The van der Waals surface area contributed by atoms with Crippen LogP contribution >= 0.6 is 0 Å². The van der Waals surface area contributed by atoms with Crippen LogP contribution in [0.25, 0.3) is 0 Å². The van der Waals surface area contributed by atoms with Crippen LogP contribution in [0.4, 0.5) is 8.78 Å². The van der Waals surface area contributed by atoms with Gasteiger partial charge in [0.1, 0.15) is 0 Å². The maximum atomic E-state index is 12.4. The van der Waals surface area contributed by atoms with Gasteiger partial charge < -0.3 is 20.5 Å². The molecule has 0 saturated heterocycles. The molecule has 0 unspecified atom stereocenters. The van der Waals surface area contributed by atoms with E-state index in [1.807, 2.05) is 0 Å². The van der Waals surface area contributed by atoms with E-state index in [-0.39, 0.29) is 12.3 Å². The van der Waals surface area contributed by atoms with E-state index in [1.165, 1.54) is 6.07 Å². The molecule has 3 N–H and O–H groups in total. The molecule has 2 rings (SSSR count). The van der Waals surface area contributed by atoms with Crippen LogP contribution in [-0.2, 0) is 16.0 Å². The summed E-state index contributed by atoms with van der Waals surface area (Å²) in [5, 5.41) is 2.38. The van der Waals surface area contributed by atoms with Crippen molar-refractivity contribution in [2.45, 2.75) is 32.3 Å². The first-order valence-electron chi connectivity index (χ1n) is 7.74. The van der Waals surface area contributed by atoms with Crippen LogP contribution in [0, 0.1) is 5.92 Å². The maximum Gasteiger partial charge on any atom is 0.387 e. The number of nitrogens with one attached hydrogen (secondary N) is 1. The highest BCUT2D eigenvalue weighted by molar-refractivity contribution is 6.34. The number of nitrogens with two attached hydrogens (primary N) is 1. The molecule has 0 aliphatic heterocycles. The van der Waals surface area contributed by atoms with Crippen molar-refractivity contribution < 1.29 is 27.8 Å². The number of halogens is 2. The number of carbonyl (C=O) groups excluding carboxylic acids is 2. The molecule has 1 fully saturated rings. The Morgan fingerprint density at radius 1 is 1.29 bits per heavy atom. The fraction of sp³-hybridized carbons (Fsp3) is 0.500. The van der Waals surface area contributed by atoms with Crippen LogP contribution in [0.2, 0.25) is 0 Å². The Kier molecular flexibility index (Phi) is 6.34. The zero-order valence-electron chi connectivity index (χ0n) is 13.1. The number of ether oxygens (including phenoxy) is 2. The van der Waals surface area contributed by atoms with Gasteiger partial charge in [0.25, 0.3) is 0 Å². The lowest BCUT2D eigenvalue weighted by molar-refractivity contribution is -0.137. The summed E-state index contributed by atoms with van der Waals surface area (Å²) in [5.74, 6) is -1.07. The molecule has 132 valence electrons. The van der Waals surface area contributed by atoms with E-state index in [9.17, 15) is 18.4 Å². The topological polar surface area (TPSA) is 90.7 Å². The van der Waals surface area contributed by atoms with Crippen molar-refractivity contribution in [1.82, 2.24) is 5.32 Å². The van der Waals surface area contributed by atoms with Crippen molar-refractivity contribution in [3.63, 3.8) is 0 Å². The number of benzene rings is 1. The Morgan fingerprint density at radius 2 is 2.04 bits per heavy atom. The van der Waals surface area contributed by atoms with Gasteiger partial charge in [-0.2, -0.15) is 8.78 Å². The monoisotopic (exact) mass is 342 g/mol. The van der Waals surface area contributed by atoms with Gasteiger partial charge in [-0.25, -0.2) is 0 Å². The second-order valence-electron chi connectivity index (χ2n) is 5.64. The van der Waals surface area contributed by atoms with Gasteiger partial charge in [0, 0.05) is 6.54 Å². The van der Waals surface area contributed by atoms with Gasteiger partial charge in [-0.1, -0.05) is 6.07 Å². The molecule has 1 aliphatic rings. The number of rotatable bonds is 9. The summed E-state index contributed by atoms with van der Waals surface area (Å²) >= 11 is 0. The minimum Gasteiger partial charge on any atom is -0.489 e. The van der Waals surface area contributed by atoms with E-state index < -0.39 is 18.4 Å². The third-order valence-corrected chi connectivity index (χ3v) is 3.55. The van der Waals surface area contributed by atoms with Crippen LogP contribution in [0.5, 0.6) is 11.5 Å². The summed E-state index contributed by atoms with van der Waals surface area (Å²) in [5.41, 5.74) is 5.68. The third kappa shape index (κ3) is 6.02. The van der Waals surface area contributed by atoms with Gasteiger partial charge in [-0.3, -0.25) is 9.59 Å². The van der Waals surface area contributed by atoms with Crippen LogP contribution < -0.4 is 20.5 Å². The highest BCUT2D eigenvalue weighted by Crippen LogP contribution is 2.34. The summed E-state index contributed by atoms with van der Waals surface area (Å²) in [6.45, 7) is -2.14. The van der Waals surface area contributed by atoms with Gasteiger partial charge in [-0.05, 0) is 49.3 Å². The summed E-state index contributed by atoms with van der Waals surface area (Å²) in [6.07, 6.45) is 3.32. The molecule has 8 heteroatoms. The van der Waals surface area contributed by atoms with Crippen molar-refractivity contribution in [3.05, 3.63) is 23.8 Å². The molecule has 0 atom stereocenters. The molecule has 1 aromatic carbocycles. The number of primary amides is 1. The van der Waals surface area contributed by atoms with E-state index in [4.69, 9.17) is 10.5 Å². The maximum absolute atomic E-state index is 12.4. The fourth-order valence-corrected chi connectivity index (χ4v) is 2.09. The molecule has 1 aromatic rings. The zero-order valence-corrected chi connectivity index (χ0v) is 13.1. The summed E-state index contributed by atoms with van der Waals surface area (Å²) in [4.78, 5) is 21.6. The molecule has 0 bridgehead atoms. The van der Waals surface area contributed by atoms with Crippen LogP contribution in [-0.4, -0.2) is 31.6 Å². The molecule has 0 heterocycles. The smallest absolute Gasteiger partial charge is 0.387 e. The van der Waals surface area contributed by atoms with Crippen molar-refractivity contribution in [1.29, 1.82) is 0 Å². The first kappa shape index (κ1) is 18.0. The third-order valence-electron chi connectivity index (χ3n) is 3.55.